The van der Waals surface area contributed by atoms with Crippen LogP contribution in [-0.4, -0.2) is 39.3 Å². The van der Waals surface area contributed by atoms with E-state index < -0.39 is 49.9 Å². The van der Waals surface area contributed by atoms with Gasteiger partial charge in [0.2, 0.25) is 5.72 Å². The normalized spacial score (nSPS) is 32.0. The third kappa shape index (κ3) is 3.88. The van der Waals surface area contributed by atoms with Gasteiger partial charge < -0.3 is 14.4 Å². The number of nitrogens with zero attached hydrogens (tertiary/aromatic N) is 4. The number of hydrogen-bond acceptors (Lipinski definition) is 9. The Morgan fingerprint density at radius 1 is 1.42 bits per heavy atom. The summed E-state index contributed by atoms with van der Waals surface area (Å²) in [5, 5.41) is 13.7. The zero-order valence-electron chi connectivity index (χ0n) is 15.5. The van der Waals surface area contributed by atoms with Gasteiger partial charge in [0.1, 0.15) is 11.9 Å². The lowest BCUT2D eigenvalue weighted by Crippen LogP contribution is -2.44. The van der Waals surface area contributed by atoms with Crippen LogP contribution >= 0.6 is 7.82 Å². The van der Waals surface area contributed by atoms with Crippen molar-refractivity contribution < 1.29 is 32.4 Å². The lowest BCUT2D eigenvalue weighted by Gasteiger charge is -2.30. The summed E-state index contributed by atoms with van der Waals surface area (Å²) in [7, 11) is -4.23. The van der Waals surface area contributed by atoms with E-state index in [-0.39, 0.29) is 12.4 Å². The van der Waals surface area contributed by atoms with Gasteiger partial charge in [-0.15, -0.1) is 0 Å². The third-order valence-electron chi connectivity index (χ3n) is 4.69. The molecule has 2 N–H and O–H groups in total. The number of aliphatic hydroxyl groups is 1. The number of azide groups is 1. The summed E-state index contributed by atoms with van der Waals surface area (Å²) in [6, 6.07) is 7.52. The number of aliphatic hydroxyl groups excluding tert-OH is 1. The third-order valence-corrected chi connectivity index (χ3v) is 6.00. The van der Waals surface area contributed by atoms with Gasteiger partial charge in [0.15, 0.2) is 12.4 Å². The highest BCUT2D eigenvalue weighted by molar-refractivity contribution is 7.49. The van der Waals surface area contributed by atoms with Gasteiger partial charge in [0.25, 0.3) is 5.56 Å². The predicted octanol–water partition coefficient (Wildman–Crippen LogP) is 1.50. The minimum absolute atomic E-state index is 0.105. The monoisotopic (exact) mass is 455 g/mol. The SMILES string of the molecule is [N-]=[N+]=N[C@]1(COP2(=O)OCc3ccccc3O2)O[C@@H](n2ccc(=O)[nH]c2=O)[C@H](F)[C@@H]1O. The van der Waals surface area contributed by atoms with Gasteiger partial charge in [-0.05, 0) is 11.6 Å². The van der Waals surface area contributed by atoms with E-state index in [1.54, 1.807) is 18.2 Å². The molecule has 1 saturated heterocycles. The Kier molecular flexibility index (Phi) is 5.43. The van der Waals surface area contributed by atoms with E-state index in [2.05, 4.69) is 10.0 Å². The Balaban J connectivity index is 1.59. The van der Waals surface area contributed by atoms with Gasteiger partial charge in [0.05, 0.1) is 13.2 Å². The minimum atomic E-state index is -4.23. The second kappa shape index (κ2) is 7.93. The van der Waals surface area contributed by atoms with Gasteiger partial charge in [-0.3, -0.25) is 23.4 Å². The Morgan fingerprint density at radius 3 is 2.94 bits per heavy atom. The topological polar surface area (TPSA) is 178 Å². The summed E-state index contributed by atoms with van der Waals surface area (Å²) >= 11 is 0. The van der Waals surface area contributed by atoms with E-state index in [9.17, 15) is 23.7 Å². The van der Waals surface area contributed by atoms with Crippen molar-refractivity contribution in [2.45, 2.75) is 30.8 Å². The molecule has 0 spiro atoms. The minimum Gasteiger partial charge on any atom is -0.404 e. The van der Waals surface area contributed by atoms with Crippen LogP contribution in [0.15, 0.2) is 51.2 Å². The molecule has 13 nitrogen and oxygen atoms in total. The molecule has 5 atom stereocenters. The molecular formula is C16H15FN5O8P. The van der Waals surface area contributed by atoms with Gasteiger partial charge in [-0.2, -0.15) is 0 Å². The van der Waals surface area contributed by atoms with E-state index in [1.165, 1.54) is 6.07 Å². The van der Waals surface area contributed by atoms with Crippen LogP contribution in [0.4, 0.5) is 4.39 Å². The highest BCUT2D eigenvalue weighted by Gasteiger charge is 2.57. The molecular weight excluding hydrogens is 440 g/mol. The standard InChI is InChI=1S/C16H15FN5O8P/c17-12-13(24)16(20-21-18,29-14(12)22-6-5-11(23)19-15(22)25)8-28-31(26)27-7-9-3-1-2-4-10(9)30-31/h1-6,12-14,24H,7-8H2,(H,19,23,25)/t12-,13+,14-,16-,31?/m1/s1. The number of alkyl halides is 1. The second-order valence-electron chi connectivity index (χ2n) is 6.64. The maximum Gasteiger partial charge on any atom is 0.530 e. The van der Waals surface area contributed by atoms with Gasteiger partial charge in [-0.1, -0.05) is 23.3 Å². The predicted molar refractivity (Wildman–Crippen MR) is 99.6 cm³/mol. The van der Waals surface area contributed by atoms with Crippen molar-refractivity contribution in [1.82, 2.24) is 9.55 Å². The van der Waals surface area contributed by atoms with Crippen molar-refractivity contribution >= 4 is 7.82 Å². The fraction of sp³-hybridized carbons (Fsp3) is 0.375. The highest BCUT2D eigenvalue weighted by Crippen LogP contribution is 2.55. The van der Waals surface area contributed by atoms with Crippen molar-refractivity contribution in [3.63, 3.8) is 0 Å². The molecule has 3 heterocycles. The number of nitrogens with one attached hydrogen (secondary N) is 1. The van der Waals surface area contributed by atoms with Gasteiger partial charge in [-0.25, -0.2) is 13.8 Å². The first-order chi connectivity index (χ1) is 14.8. The van der Waals surface area contributed by atoms with Crippen LogP contribution in [0.2, 0.25) is 0 Å². The fourth-order valence-corrected chi connectivity index (χ4v) is 4.38. The average molecular weight is 455 g/mol. The summed E-state index contributed by atoms with van der Waals surface area (Å²) in [4.78, 5) is 27.7. The van der Waals surface area contributed by atoms with Crippen molar-refractivity contribution in [3.05, 3.63) is 73.4 Å². The number of fused-ring (bicyclic) bond motifs is 1. The number of phosphoric ester groups is 1. The highest BCUT2D eigenvalue weighted by atomic mass is 31.2. The number of aromatic nitrogens is 2. The van der Waals surface area contributed by atoms with Crippen LogP contribution in [0.3, 0.4) is 0 Å². The van der Waals surface area contributed by atoms with Crippen LogP contribution in [0.1, 0.15) is 11.8 Å². The Labute approximate surface area is 172 Å². The smallest absolute Gasteiger partial charge is 0.404 e. The van der Waals surface area contributed by atoms with Gasteiger partial charge >= 0.3 is 13.5 Å². The number of H-pyrrole nitrogens is 1. The summed E-state index contributed by atoms with van der Waals surface area (Å²) in [6.45, 7) is -1.03. The number of benzene rings is 1. The molecule has 15 heteroatoms. The van der Waals surface area contributed by atoms with Crippen LogP contribution in [-0.2, 0) is 25.0 Å². The zero-order valence-corrected chi connectivity index (χ0v) is 16.4. The summed E-state index contributed by atoms with van der Waals surface area (Å²) < 4.78 is 49.2. The number of para-hydroxylation sites is 1. The van der Waals surface area contributed by atoms with Crippen LogP contribution in [0, 0.1) is 0 Å². The quantitative estimate of drug-likeness (QED) is 0.295. The molecule has 0 amide bonds. The molecule has 1 unspecified atom stereocenters. The van der Waals surface area contributed by atoms with Crippen LogP contribution in [0.5, 0.6) is 5.75 Å². The molecule has 1 fully saturated rings. The molecule has 2 aromatic rings. The average Bonchev–Trinajstić information content (AvgIpc) is 2.98. The first kappa shape index (κ1) is 21.2. The van der Waals surface area contributed by atoms with Crippen molar-refractivity contribution in [1.29, 1.82) is 0 Å². The molecule has 0 radical (unpaired) electrons. The van der Waals surface area contributed by atoms with E-state index in [0.717, 1.165) is 12.3 Å². The molecule has 0 bridgehead atoms. The lowest BCUT2D eigenvalue weighted by molar-refractivity contribution is -0.123. The molecule has 0 saturated carbocycles. The summed E-state index contributed by atoms with van der Waals surface area (Å²) in [6.07, 6.45) is -5.21. The Bertz CT molecular complexity index is 1210. The molecule has 1 aromatic carbocycles. The maximum atomic E-state index is 14.8. The summed E-state index contributed by atoms with van der Waals surface area (Å²) in [5.41, 5.74) is 5.37. The molecule has 2 aliphatic heterocycles. The zero-order chi connectivity index (χ0) is 22.2. The molecule has 164 valence electrons. The van der Waals surface area contributed by atoms with Crippen LogP contribution in [0.25, 0.3) is 10.4 Å². The Morgan fingerprint density at radius 2 is 2.19 bits per heavy atom. The van der Waals surface area contributed by atoms with E-state index in [0.29, 0.717) is 10.1 Å². The number of rotatable bonds is 5. The van der Waals surface area contributed by atoms with Crippen molar-refractivity contribution in [2.75, 3.05) is 6.61 Å². The fourth-order valence-electron chi connectivity index (χ4n) is 3.14. The van der Waals surface area contributed by atoms with Crippen LogP contribution < -0.4 is 15.8 Å². The Hall–Kier alpha value is -2.99. The molecule has 4 rings (SSSR count). The molecule has 0 aliphatic carbocycles. The first-order valence-electron chi connectivity index (χ1n) is 8.81. The van der Waals surface area contributed by atoms with E-state index in [1.807, 2.05) is 4.98 Å². The maximum absolute atomic E-state index is 14.8. The van der Waals surface area contributed by atoms with Crippen molar-refractivity contribution in [2.24, 2.45) is 5.11 Å². The molecule has 1 aromatic heterocycles. The number of ether oxygens (including phenoxy) is 1. The molecule has 2 aliphatic rings. The van der Waals surface area contributed by atoms with E-state index >= 15 is 0 Å². The van der Waals surface area contributed by atoms with Gasteiger partial charge in [0, 0.05) is 22.7 Å². The lowest BCUT2D eigenvalue weighted by atomic mass is 10.1. The first-order valence-corrected chi connectivity index (χ1v) is 10.3. The number of aromatic amines is 1. The number of halogens is 1. The molecule has 31 heavy (non-hydrogen) atoms. The van der Waals surface area contributed by atoms with E-state index in [4.69, 9.17) is 23.8 Å². The largest absolute Gasteiger partial charge is 0.530 e. The summed E-state index contributed by atoms with van der Waals surface area (Å²) in [5.74, 6) is 0.240. The second-order valence-corrected chi connectivity index (χ2v) is 8.24. The van der Waals surface area contributed by atoms with Crippen molar-refractivity contribution in [3.8, 4) is 5.75 Å². The number of phosphoric acid groups is 1. The number of hydrogen-bond donors (Lipinski definition) is 2.